The molecule has 0 bridgehead atoms. The number of hydrogen-bond donors (Lipinski definition) is 0. The summed E-state index contributed by atoms with van der Waals surface area (Å²) in [5, 5.41) is 0. The molecule has 0 spiro atoms. The lowest BCUT2D eigenvalue weighted by Gasteiger charge is -2.22. The van der Waals surface area contributed by atoms with Crippen LogP contribution in [-0.4, -0.2) is 0 Å². The molecule has 0 aromatic heterocycles. The fourth-order valence-corrected chi connectivity index (χ4v) is 3.56. The van der Waals surface area contributed by atoms with Crippen LogP contribution in [-0.2, 0) is 0 Å². The minimum atomic E-state index is 0.314. The fraction of sp³-hybridized carbons (Fsp3) is 0.636. The van der Waals surface area contributed by atoms with E-state index in [0.717, 1.165) is 0 Å². The Labute approximate surface area is 139 Å². The molecule has 0 atom stereocenters. The molecule has 0 saturated carbocycles. The standard InChI is InChI=1S/2C11H18/c2*1-7-8(2)10(4)11(5,6)9(7)3/h2*1-6H3. The molecule has 2 aliphatic rings. The maximum absolute atomic E-state index is 2.30. The van der Waals surface area contributed by atoms with Gasteiger partial charge in [-0.15, -0.1) is 0 Å². The average Bonchev–Trinajstić information content (AvgIpc) is 2.67. The Balaban J connectivity index is 0.000000220. The Morgan fingerprint density at radius 2 is 0.500 bits per heavy atom. The Morgan fingerprint density at radius 3 is 0.545 bits per heavy atom. The molecule has 0 unspecified atom stereocenters. The zero-order valence-corrected chi connectivity index (χ0v) is 17.0. The van der Waals surface area contributed by atoms with E-state index >= 15 is 0 Å². The predicted molar refractivity (Wildman–Crippen MR) is 101 cm³/mol. The lowest BCUT2D eigenvalue weighted by Crippen LogP contribution is -2.11. The topological polar surface area (TPSA) is 0 Å². The first-order valence-electron chi connectivity index (χ1n) is 8.50. The fourth-order valence-electron chi connectivity index (χ4n) is 3.56. The van der Waals surface area contributed by atoms with Crippen LogP contribution in [0.15, 0.2) is 44.6 Å². The van der Waals surface area contributed by atoms with Crippen molar-refractivity contribution in [1.82, 2.24) is 0 Å². The van der Waals surface area contributed by atoms with Crippen molar-refractivity contribution in [1.29, 1.82) is 0 Å². The first-order chi connectivity index (χ1) is 9.77. The molecule has 0 saturated heterocycles. The van der Waals surface area contributed by atoms with Crippen LogP contribution in [0.5, 0.6) is 0 Å². The molecule has 0 nitrogen and oxygen atoms in total. The van der Waals surface area contributed by atoms with Crippen LogP contribution in [0.4, 0.5) is 0 Å². The van der Waals surface area contributed by atoms with Crippen molar-refractivity contribution in [3.8, 4) is 0 Å². The van der Waals surface area contributed by atoms with Gasteiger partial charge in [0.25, 0.3) is 0 Å². The summed E-state index contributed by atoms with van der Waals surface area (Å²) in [4.78, 5) is 0. The van der Waals surface area contributed by atoms with Gasteiger partial charge in [0.15, 0.2) is 0 Å². The van der Waals surface area contributed by atoms with Crippen LogP contribution in [0.1, 0.15) is 83.1 Å². The number of hydrogen-bond acceptors (Lipinski definition) is 0. The molecular formula is C22H36. The largest absolute Gasteiger partial charge is 0.0604 e. The van der Waals surface area contributed by atoms with Gasteiger partial charge in [-0.25, -0.2) is 0 Å². The second-order valence-electron chi connectivity index (χ2n) is 8.25. The molecule has 22 heavy (non-hydrogen) atoms. The second kappa shape index (κ2) is 5.87. The highest BCUT2D eigenvalue weighted by molar-refractivity contribution is 5.49. The van der Waals surface area contributed by atoms with Gasteiger partial charge in [0.1, 0.15) is 0 Å². The van der Waals surface area contributed by atoms with Crippen LogP contribution < -0.4 is 0 Å². The van der Waals surface area contributed by atoms with Crippen molar-refractivity contribution in [2.24, 2.45) is 10.8 Å². The zero-order chi connectivity index (χ0) is 17.6. The predicted octanol–water partition coefficient (Wildman–Crippen LogP) is 7.40. The van der Waals surface area contributed by atoms with Crippen LogP contribution in [0.2, 0.25) is 0 Å². The van der Waals surface area contributed by atoms with Gasteiger partial charge in [0, 0.05) is 10.8 Å². The van der Waals surface area contributed by atoms with Crippen molar-refractivity contribution in [2.75, 3.05) is 0 Å². The van der Waals surface area contributed by atoms with Crippen LogP contribution in [0.25, 0.3) is 0 Å². The van der Waals surface area contributed by atoms with Gasteiger partial charge in [0.05, 0.1) is 0 Å². The Hall–Kier alpha value is -1.04. The smallest absolute Gasteiger partial charge is 0.00701 e. The molecule has 2 aliphatic carbocycles. The first-order valence-corrected chi connectivity index (χ1v) is 8.50. The highest BCUT2D eigenvalue weighted by atomic mass is 14.4. The third kappa shape index (κ3) is 2.77. The summed E-state index contributed by atoms with van der Waals surface area (Å²) < 4.78 is 0. The van der Waals surface area contributed by atoms with E-state index in [-0.39, 0.29) is 0 Å². The zero-order valence-electron chi connectivity index (χ0n) is 17.0. The lowest BCUT2D eigenvalue weighted by atomic mass is 9.82. The first kappa shape index (κ1) is 19.0. The summed E-state index contributed by atoms with van der Waals surface area (Å²) in [6, 6.07) is 0. The highest BCUT2D eigenvalue weighted by Crippen LogP contribution is 2.46. The molecule has 0 aromatic rings. The quantitative estimate of drug-likeness (QED) is 0.437. The lowest BCUT2D eigenvalue weighted by molar-refractivity contribution is 0.547. The average molecular weight is 301 g/mol. The molecule has 0 heterocycles. The summed E-state index contributed by atoms with van der Waals surface area (Å²) in [7, 11) is 0. The molecule has 0 amide bonds. The minimum Gasteiger partial charge on any atom is -0.0604 e. The third-order valence-corrected chi connectivity index (χ3v) is 7.12. The molecule has 2 rings (SSSR count). The van der Waals surface area contributed by atoms with Gasteiger partial charge in [0.2, 0.25) is 0 Å². The van der Waals surface area contributed by atoms with Gasteiger partial charge in [-0.3, -0.25) is 0 Å². The SMILES string of the molecule is CC1=C(C)C(C)(C)C(C)=C1C.CC1=C(C)C(C)(C)C(C)=C1C. The van der Waals surface area contributed by atoms with E-state index in [9.17, 15) is 0 Å². The normalized spacial score (nSPS) is 23.5. The van der Waals surface area contributed by atoms with E-state index in [1.54, 1.807) is 0 Å². The van der Waals surface area contributed by atoms with Crippen molar-refractivity contribution < 1.29 is 0 Å². The molecule has 0 heteroatoms. The summed E-state index contributed by atoms with van der Waals surface area (Å²) in [5.74, 6) is 0. The molecule has 0 aromatic carbocycles. The van der Waals surface area contributed by atoms with E-state index in [1.165, 1.54) is 44.6 Å². The van der Waals surface area contributed by atoms with Crippen LogP contribution in [0.3, 0.4) is 0 Å². The Morgan fingerprint density at radius 1 is 0.364 bits per heavy atom. The summed E-state index contributed by atoms with van der Waals surface area (Å²) in [6.45, 7) is 27.1. The molecule has 0 aliphatic heterocycles. The van der Waals surface area contributed by atoms with E-state index in [2.05, 4.69) is 83.1 Å². The van der Waals surface area contributed by atoms with Gasteiger partial charge in [-0.1, -0.05) is 50.0 Å². The maximum Gasteiger partial charge on any atom is 0.00701 e. The van der Waals surface area contributed by atoms with Crippen LogP contribution in [0, 0.1) is 10.8 Å². The van der Waals surface area contributed by atoms with Gasteiger partial charge < -0.3 is 0 Å². The van der Waals surface area contributed by atoms with Crippen molar-refractivity contribution in [3.05, 3.63) is 44.6 Å². The summed E-state index contributed by atoms with van der Waals surface area (Å²) >= 11 is 0. The third-order valence-electron chi connectivity index (χ3n) is 7.12. The monoisotopic (exact) mass is 300 g/mol. The van der Waals surface area contributed by atoms with E-state index in [0.29, 0.717) is 10.8 Å². The molecule has 0 fully saturated rings. The summed E-state index contributed by atoms with van der Waals surface area (Å²) in [5.41, 5.74) is 12.7. The Bertz CT molecular complexity index is 502. The highest BCUT2D eigenvalue weighted by Gasteiger charge is 2.31. The number of allylic oxidation sites excluding steroid dienone is 8. The molecular weight excluding hydrogens is 264 g/mol. The van der Waals surface area contributed by atoms with Crippen molar-refractivity contribution in [3.63, 3.8) is 0 Å². The van der Waals surface area contributed by atoms with Gasteiger partial charge in [-0.05, 0) is 77.7 Å². The van der Waals surface area contributed by atoms with E-state index in [1.807, 2.05) is 0 Å². The van der Waals surface area contributed by atoms with Crippen LogP contribution >= 0.6 is 0 Å². The molecule has 124 valence electrons. The van der Waals surface area contributed by atoms with Crippen molar-refractivity contribution in [2.45, 2.75) is 83.1 Å². The number of rotatable bonds is 0. The second-order valence-corrected chi connectivity index (χ2v) is 8.25. The molecule has 0 N–H and O–H groups in total. The van der Waals surface area contributed by atoms with E-state index in [4.69, 9.17) is 0 Å². The summed E-state index contributed by atoms with van der Waals surface area (Å²) in [6.07, 6.45) is 0. The van der Waals surface area contributed by atoms with E-state index < -0.39 is 0 Å². The van der Waals surface area contributed by atoms with Gasteiger partial charge in [-0.2, -0.15) is 0 Å². The van der Waals surface area contributed by atoms with Gasteiger partial charge >= 0.3 is 0 Å². The Kier molecular flexibility index (Phi) is 5.07. The minimum absolute atomic E-state index is 0.314. The maximum atomic E-state index is 2.30. The van der Waals surface area contributed by atoms with Crippen molar-refractivity contribution >= 4 is 0 Å². The molecule has 0 radical (unpaired) electrons.